The van der Waals surface area contributed by atoms with Crippen LogP contribution in [0.1, 0.15) is 30.8 Å². The third kappa shape index (κ3) is 6.25. The van der Waals surface area contributed by atoms with Gasteiger partial charge in [-0.3, -0.25) is 4.57 Å². The number of ether oxygens (including phenoxy) is 3. The number of benzene rings is 2. The molecule has 2 aliphatic rings. The molecule has 2 unspecified atom stereocenters. The Morgan fingerprint density at radius 3 is 2.51 bits per heavy atom. The third-order valence-electron chi connectivity index (χ3n) is 7.70. The molecule has 4 aromatic rings. The fraction of sp³-hybridized carbons (Fsp3) is 0.387. The highest BCUT2D eigenvalue weighted by Crippen LogP contribution is 2.30. The molecule has 0 saturated carbocycles. The van der Waals surface area contributed by atoms with Gasteiger partial charge in [0.25, 0.3) is 6.43 Å². The van der Waals surface area contributed by atoms with Crippen LogP contribution in [0.15, 0.2) is 66.9 Å². The fourth-order valence-corrected chi connectivity index (χ4v) is 5.48. The lowest BCUT2D eigenvalue weighted by Crippen LogP contribution is -2.44. The number of nitrogens with one attached hydrogen (secondary N) is 1. The summed E-state index contributed by atoms with van der Waals surface area (Å²) in [5.74, 6) is 0.947. The summed E-state index contributed by atoms with van der Waals surface area (Å²) < 4.78 is 46.1. The van der Waals surface area contributed by atoms with Crippen molar-refractivity contribution in [1.29, 1.82) is 0 Å². The van der Waals surface area contributed by atoms with Crippen molar-refractivity contribution in [3.05, 3.63) is 78.3 Å². The molecular formula is C31H35F2N7O3. The highest BCUT2D eigenvalue weighted by molar-refractivity contribution is 5.78. The van der Waals surface area contributed by atoms with Crippen LogP contribution in [0.2, 0.25) is 0 Å². The van der Waals surface area contributed by atoms with E-state index in [0.29, 0.717) is 68.1 Å². The maximum Gasteiger partial charge on any atom is 0.296 e. The van der Waals surface area contributed by atoms with Crippen LogP contribution < -0.4 is 15.1 Å². The summed E-state index contributed by atoms with van der Waals surface area (Å²) >= 11 is 0. The van der Waals surface area contributed by atoms with Gasteiger partial charge < -0.3 is 29.3 Å². The van der Waals surface area contributed by atoms with Crippen molar-refractivity contribution in [1.82, 2.24) is 19.5 Å². The van der Waals surface area contributed by atoms with E-state index in [4.69, 9.17) is 24.2 Å². The van der Waals surface area contributed by atoms with E-state index >= 15 is 0 Å². The lowest BCUT2D eigenvalue weighted by atomic mass is 10.1. The number of fused-ring (bicyclic) bond motifs is 1. The minimum Gasteiger partial charge on any atom is -0.505 e. The number of rotatable bonds is 9. The monoisotopic (exact) mass is 591 g/mol. The Hall–Kier alpha value is -4.29. The molecule has 0 amide bonds. The number of morpholine rings is 2. The summed E-state index contributed by atoms with van der Waals surface area (Å²) in [6, 6.07) is 17.1. The zero-order chi connectivity index (χ0) is 29.8. The summed E-state index contributed by atoms with van der Waals surface area (Å²) in [6.07, 6.45) is 0.906. The van der Waals surface area contributed by atoms with Gasteiger partial charge in [0, 0.05) is 37.4 Å². The smallest absolute Gasteiger partial charge is 0.296 e. The van der Waals surface area contributed by atoms with Crippen LogP contribution in [0.25, 0.3) is 16.9 Å². The van der Waals surface area contributed by atoms with E-state index in [1.165, 1.54) is 4.57 Å². The Balaban J connectivity index is 1.31. The average molecular weight is 592 g/mol. The molecule has 0 aliphatic carbocycles. The average Bonchev–Trinajstić information content (AvgIpc) is 3.45. The maximum atomic E-state index is 14.2. The third-order valence-corrected chi connectivity index (χ3v) is 7.70. The summed E-state index contributed by atoms with van der Waals surface area (Å²) in [5.41, 5.74) is 3.18. The molecule has 12 heteroatoms. The number of para-hydroxylation sites is 2. The lowest BCUT2D eigenvalue weighted by Gasteiger charge is -2.35. The summed E-state index contributed by atoms with van der Waals surface area (Å²) in [4.78, 5) is 18.1. The summed E-state index contributed by atoms with van der Waals surface area (Å²) in [6.45, 7) is 6.38. The van der Waals surface area contributed by atoms with Gasteiger partial charge in [-0.05, 0) is 42.8 Å². The minimum atomic E-state index is -2.78. The largest absolute Gasteiger partial charge is 0.505 e. The Kier molecular flexibility index (Phi) is 8.66. The van der Waals surface area contributed by atoms with Gasteiger partial charge in [-0.1, -0.05) is 24.3 Å². The number of hydrogen-bond acceptors (Lipinski definition) is 9. The molecule has 4 heterocycles. The predicted molar refractivity (Wildman–Crippen MR) is 161 cm³/mol. The number of alkyl halides is 2. The number of imidazole rings is 1. The molecule has 2 fully saturated rings. The van der Waals surface area contributed by atoms with Gasteiger partial charge in [0.15, 0.2) is 5.82 Å². The first-order chi connectivity index (χ1) is 21.0. The molecule has 2 aromatic heterocycles. The number of nitrogens with zero attached hydrogens (tertiary/aromatic N) is 6. The van der Waals surface area contributed by atoms with Gasteiger partial charge in [0.05, 0.1) is 56.9 Å². The van der Waals surface area contributed by atoms with Gasteiger partial charge in [-0.2, -0.15) is 9.97 Å². The molecule has 6 rings (SSSR count). The van der Waals surface area contributed by atoms with Crippen molar-refractivity contribution < 1.29 is 23.0 Å². The summed E-state index contributed by atoms with van der Waals surface area (Å²) in [7, 11) is 1.63. The fourth-order valence-electron chi connectivity index (χ4n) is 5.48. The van der Waals surface area contributed by atoms with E-state index < -0.39 is 6.43 Å². The molecule has 0 radical (unpaired) electrons. The molecule has 2 aliphatic heterocycles. The Morgan fingerprint density at radius 1 is 0.977 bits per heavy atom. The quantitative estimate of drug-likeness (QED) is 0.266. The number of halogens is 2. The molecule has 226 valence electrons. The highest BCUT2D eigenvalue weighted by atomic mass is 19.3. The lowest BCUT2D eigenvalue weighted by molar-refractivity contribution is 0.105. The van der Waals surface area contributed by atoms with E-state index in [1.54, 1.807) is 43.7 Å². The zero-order valence-corrected chi connectivity index (χ0v) is 24.2. The van der Waals surface area contributed by atoms with E-state index in [1.807, 2.05) is 17.9 Å². The molecule has 2 aromatic carbocycles. The second kappa shape index (κ2) is 12.9. The Bertz CT molecular complexity index is 1560. The van der Waals surface area contributed by atoms with Gasteiger partial charge in [0.2, 0.25) is 5.95 Å². The second-order valence-corrected chi connectivity index (χ2v) is 10.5. The van der Waals surface area contributed by atoms with Crippen LogP contribution >= 0.6 is 0 Å². The normalized spacial score (nSPS) is 18.5. The standard InChI is InChI=1S/C31H35F2N7O3/c1-21(22-7-9-23(10-8-22)39-14-18-43-20-24(39)11-15-41-2)34-27-19-28(37-31(36-27)38-12-16-42-17-13-38)40-26-6-4-3-5-25(26)35-30(40)29(32)33/h3-11,15,19,21,24,29H,12-14,16-18,20H2,1-2H3,(H,34,36,37). The predicted octanol–water partition coefficient (Wildman–Crippen LogP) is 5.13. The Labute approximate surface area is 248 Å². The Morgan fingerprint density at radius 2 is 1.74 bits per heavy atom. The van der Waals surface area contributed by atoms with Crippen LogP contribution in [-0.2, 0) is 14.2 Å². The van der Waals surface area contributed by atoms with Crippen LogP contribution in [-0.4, -0.2) is 78.7 Å². The van der Waals surface area contributed by atoms with Crippen molar-refractivity contribution in [2.45, 2.75) is 25.4 Å². The van der Waals surface area contributed by atoms with E-state index in [-0.39, 0.29) is 17.9 Å². The first-order valence-corrected chi connectivity index (χ1v) is 14.4. The van der Waals surface area contributed by atoms with E-state index in [0.717, 1.165) is 17.8 Å². The van der Waals surface area contributed by atoms with Crippen molar-refractivity contribution in [3.63, 3.8) is 0 Å². The molecule has 0 spiro atoms. The zero-order valence-electron chi connectivity index (χ0n) is 24.2. The minimum absolute atomic E-state index is 0.0885. The number of methoxy groups -OCH3 is 1. The number of anilines is 3. The molecule has 43 heavy (non-hydrogen) atoms. The number of aromatic nitrogens is 4. The highest BCUT2D eigenvalue weighted by Gasteiger charge is 2.24. The van der Waals surface area contributed by atoms with Gasteiger partial charge >= 0.3 is 0 Å². The van der Waals surface area contributed by atoms with Crippen molar-refractivity contribution in [2.24, 2.45) is 0 Å². The molecule has 2 saturated heterocycles. The van der Waals surface area contributed by atoms with Gasteiger partial charge in [0.1, 0.15) is 11.6 Å². The SMILES string of the molecule is COC=CC1COCCN1c1ccc(C(C)Nc2cc(-n3c(C(F)F)nc4ccccc43)nc(N3CCOCC3)n2)cc1. The van der Waals surface area contributed by atoms with Gasteiger partial charge in [-0.25, -0.2) is 13.8 Å². The number of hydrogen-bond donors (Lipinski definition) is 1. The van der Waals surface area contributed by atoms with E-state index in [2.05, 4.69) is 39.5 Å². The van der Waals surface area contributed by atoms with Gasteiger partial charge in [-0.15, -0.1) is 0 Å². The maximum absolute atomic E-state index is 14.2. The molecule has 0 bridgehead atoms. The van der Waals surface area contributed by atoms with Crippen molar-refractivity contribution in [3.8, 4) is 5.82 Å². The van der Waals surface area contributed by atoms with Crippen LogP contribution in [0.4, 0.5) is 26.2 Å². The van der Waals surface area contributed by atoms with Crippen LogP contribution in [0.3, 0.4) is 0 Å². The van der Waals surface area contributed by atoms with E-state index in [9.17, 15) is 8.78 Å². The topological polar surface area (TPSA) is 89.8 Å². The first kappa shape index (κ1) is 28.8. The van der Waals surface area contributed by atoms with Crippen molar-refractivity contribution in [2.75, 3.05) is 68.3 Å². The molecular weight excluding hydrogens is 556 g/mol. The van der Waals surface area contributed by atoms with Crippen LogP contribution in [0, 0.1) is 0 Å². The molecule has 10 nitrogen and oxygen atoms in total. The van der Waals surface area contributed by atoms with Crippen molar-refractivity contribution >= 4 is 28.5 Å². The molecule has 2 atom stereocenters. The first-order valence-electron chi connectivity index (χ1n) is 14.4. The van der Waals surface area contributed by atoms with Crippen LogP contribution in [0.5, 0.6) is 0 Å². The summed E-state index contributed by atoms with van der Waals surface area (Å²) in [5, 5.41) is 3.48. The second-order valence-electron chi connectivity index (χ2n) is 10.5. The molecule has 1 N–H and O–H groups in total.